The van der Waals surface area contributed by atoms with Crippen LogP contribution in [0.15, 0.2) is 57.8 Å². The zero-order valence-electron chi connectivity index (χ0n) is 16.8. The van der Waals surface area contributed by atoms with E-state index in [2.05, 4.69) is 9.71 Å². The lowest BCUT2D eigenvalue weighted by molar-refractivity contribution is -0.119. The first-order valence-electron chi connectivity index (χ1n) is 10.4. The van der Waals surface area contributed by atoms with Crippen molar-refractivity contribution < 1.29 is 18.0 Å². The number of amidine groups is 1. The number of nitrogens with one attached hydrogen (secondary N) is 1. The minimum Gasteiger partial charge on any atom is -0.343 e. The van der Waals surface area contributed by atoms with Crippen molar-refractivity contribution in [3.05, 3.63) is 54.1 Å². The lowest BCUT2D eigenvalue weighted by Gasteiger charge is -2.25. The molecule has 2 saturated heterocycles. The molecule has 0 saturated carbocycles. The predicted octanol–water partition coefficient (Wildman–Crippen LogP) is 2.37. The van der Waals surface area contributed by atoms with E-state index in [-0.39, 0.29) is 16.7 Å². The van der Waals surface area contributed by atoms with Crippen molar-refractivity contribution in [3.63, 3.8) is 0 Å². The summed E-state index contributed by atoms with van der Waals surface area (Å²) in [6.45, 7) is 1.28. The molecule has 8 nitrogen and oxygen atoms in total. The minimum absolute atomic E-state index is 0.117. The van der Waals surface area contributed by atoms with E-state index in [0.29, 0.717) is 43.0 Å². The molecule has 2 aromatic rings. The van der Waals surface area contributed by atoms with Crippen LogP contribution in [0.5, 0.6) is 0 Å². The average Bonchev–Trinajstić information content (AvgIpc) is 3.47. The third-order valence-electron chi connectivity index (χ3n) is 5.96. The fraction of sp³-hybridized carbons (Fsp3) is 0.318. The summed E-state index contributed by atoms with van der Waals surface area (Å²) < 4.78 is 28.8. The second-order valence-corrected chi connectivity index (χ2v) is 9.50. The summed E-state index contributed by atoms with van der Waals surface area (Å²) >= 11 is 0. The lowest BCUT2D eigenvalue weighted by Crippen LogP contribution is -2.43. The summed E-state index contributed by atoms with van der Waals surface area (Å²) in [6, 6.07) is 13.4. The van der Waals surface area contributed by atoms with E-state index in [1.807, 2.05) is 12.1 Å². The highest BCUT2D eigenvalue weighted by atomic mass is 32.2. The van der Waals surface area contributed by atoms with Gasteiger partial charge >= 0.3 is 0 Å². The Morgan fingerprint density at radius 2 is 1.81 bits per heavy atom. The van der Waals surface area contributed by atoms with Gasteiger partial charge in [0.25, 0.3) is 10.0 Å². The van der Waals surface area contributed by atoms with Gasteiger partial charge in [0.15, 0.2) is 5.84 Å². The number of carbonyl (C=O) groups excluding carboxylic acids is 2. The van der Waals surface area contributed by atoms with Gasteiger partial charge in [-0.05, 0) is 55.7 Å². The molecule has 0 bridgehead atoms. The largest absolute Gasteiger partial charge is 0.343 e. The predicted molar refractivity (Wildman–Crippen MR) is 117 cm³/mol. The first-order valence-corrected chi connectivity index (χ1v) is 11.8. The van der Waals surface area contributed by atoms with Gasteiger partial charge in [-0.3, -0.25) is 9.59 Å². The molecule has 1 atom stereocenters. The van der Waals surface area contributed by atoms with Gasteiger partial charge in [-0.1, -0.05) is 12.1 Å². The molecule has 3 heterocycles. The van der Waals surface area contributed by atoms with Crippen molar-refractivity contribution in [1.29, 1.82) is 0 Å². The van der Waals surface area contributed by atoms with E-state index in [1.165, 1.54) is 0 Å². The third-order valence-corrected chi connectivity index (χ3v) is 7.29. The molecule has 3 aliphatic heterocycles. The zero-order valence-corrected chi connectivity index (χ0v) is 17.6. The Kier molecular flexibility index (Phi) is 4.77. The molecule has 0 spiro atoms. The van der Waals surface area contributed by atoms with Crippen molar-refractivity contribution in [2.75, 3.05) is 23.3 Å². The van der Waals surface area contributed by atoms with Crippen LogP contribution in [-0.4, -0.2) is 50.1 Å². The number of anilines is 2. The molecule has 3 aliphatic rings. The fourth-order valence-corrected chi connectivity index (χ4v) is 5.68. The number of hydrogen-bond acceptors (Lipinski definition) is 5. The molecule has 1 N–H and O–H groups in total. The molecule has 31 heavy (non-hydrogen) atoms. The van der Waals surface area contributed by atoms with Gasteiger partial charge in [0.1, 0.15) is 10.9 Å². The summed E-state index contributed by atoms with van der Waals surface area (Å²) in [5, 5.41) is 2.92. The second-order valence-electron chi connectivity index (χ2n) is 7.92. The Morgan fingerprint density at radius 1 is 1.03 bits per heavy atom. The number of fused-ring (bicyclic) bond motifs is 1. The SMILES string of the molecule is O=C(Nc1ccc(N2CCCC2=O)cc1)[C@@H]1CCCN1C1=NS(=O)(=O)c2ccccc21. The number of hydrogen-bond donors (Lipinski definition) is 1. The number of amides is 2. The average molecular weight is 439 g/mol. The van der Waals surface area contributed by atoms with Crippen LogP contribution in [0.4, 0.5) is 11.4 Å². The van der Waals surface area contributed by atoms with E-state index in [4.69, 9.17) is 0 Å². The van der Waals surface area contributed by atoms with Crippen molar-refractivity contribution in [2.45, 2.75) is 36.6 Å². The first-order chi connectivity index (χ1) is 14.9. The van der Waals surface area contributed by atoms with Gasteiger partial charge in [-0.2, -0.15) is 8.42 Å². The highest BCUT2D eigenvalue weighted by Gasteiger charge is 2.39. The zero-order chi connectivity index (χ0) is 21.6. The van der Waals surface area contributed by atoms with E-state index in [9.17, 15) is 18.0 Å². The van der Waals surface area contributed by atoms with Crippen LogP contribution in [0.2, 0.25) is 0 Å². The summed E-state index contributed by atoms with van der Waals surface area (Å²) in [4.78, 5) is 28.7. The van der Waals surface area contributed by atoms with Gasteiger partial charge in [-0.25, -0.2) is 0 Å². The van der Waals surface area contributed by atoms with E-state index in [0.717, 1.165) is 18.5 Å². The number of carbonyl (C=O) groups is 2. The van der Waals surface area contributed by atoms with E-state index >= 15 is 0 Å². The normalized spacial score (nSPS) is 21.9. The van der Waals surface area contributed by atoms with Crippen molar-refractivity contribution in [2.24, 2.45) is 4.40 Å². The number of rotatable bonds is 3. The molecular formula is C22H22N4O4S. The Balaban J connectivity index is 1.34. The fourth-order valence-electron chi connectivity index (χ4n) is 4.46. The summed E-state index contributed by atoms with van der Waals surface area (Å²) in [6.07, 6.45) is 2.82. The monoisotopic (exact) mass is 438 g/mol. The van der Waals surface area contributed by atoms with Crippen LogP contribution < -0.4 is 10.2 Å². The van der Waals surface area contributed by atoms with Crippen LogP contribution in [0, 0.1) is 0 Å². The van der Waals surface area contributed by atoms with Crippen molar-refractivity contribution in [1.82, 2.24) is 4.90 Å². The summed E-state index contributed by atoms with van der Waals surface area (Å²) in [7, 11) is -3.74. The molecule has 2 amide bonds. The maximum Gasteiger partial charge on any atom is 0.285 e. The number of benzene rings is 2. The first kappa shape index (κ1) is 19.7. The summed E-state index contributed by atoms with van der Waals surface area (Å²) in [5.41, 5.74) is 2.00. The summed E-state index contributed by atoms with van der Waals surface area (Å²) in [5.74, 6) is 0.258. The second kappa shape index (κ2) is 7.49. The molecule has 160 valence electrons. The van der Waals surface area contributed by atoms with Crippen molar-refractivity contribution >= 4 is 39.0 Å². The Bertz CT molecular complexity index is 1190. The van der Waals surface area contributed by atoms with Gasteiger partial charge in [-0.15, -0.1) is 4.40 Å². The highest BCUT2D eigenvalue weighted by Crippen LogP contribution is 2.31. The number of likely N-dealkylation sites (tertiary alicyclic amines) is 1. The van der Waals surface area contributed by atoms with E-state index in [1.54, 1.807) is 46.2 Å². The van der Waals surface area contributed by atoms with Crippen LogP contribution in [0.1, 0.15) is 31.2 Å². The maximum absolute atomic E-state index is 13.0. The standard InChI is InChI=1S/C22H22N4O4S/c27-20-8-4-13-25(20)16-11-9-15(10-12-16)23-22(28)18-6-3-14-26(18)21-17-5-1-2-7-19(17)31(29,30)24-21/h1-2,5,7,9-12,18H,3-4,6,8,13-14H2,(H,23,28)/t18-/m0/s1. The smallest absolute Gasteiger partial charge is 0.285 e. The molecule has 9 heteroatoms. The maximum atomic E-state index is 13.0. The molecule has 5 rings (SSSR count). The Hall–Kier alpha value is -3.20. The van der Waals surface area contributed by atoms with Gasteiger partial charge < -0.3 is 15.1 Å². The Morgan fingerprint density at radius 3 is 2.55 bits per heavy atom. The molecule has 0 radical (unpaired) electrons. The Labute approximate surface area is 180 Å². The van der Waals surface area contributed by atoms with Crippen LogP contribution in [0.25, 0.3) is 0 Å². The third kappa shape index (κ3) is 3.48. The lowest BCUT2D eigenvalue weighted by atomic mass is 10.1. The van der Waals surface area contributed by atoms with Crippen LogP contribution in [0.3, 0.4) is 0 Å². The van der Waals surface area contributed by atoms with Gasteiger partial charge in [0.2, 0.25) is 11.8 Å². The molecule has 2 fully saturated rings. The molecule has 0 aliphatic carbocycles. The van der Waals surface area contributed by atoms with Crippen LogP contribution >= 0.6 is 0 Å². The number of nitrogens with zero attached hydrogens (tertiary/aromatic N) is 3. The molecule has 2 aromatic carbocycles. The quantitative estimate of drug-likeness (QED) is 0.793. The molecule has 0 unspecified atom stereocenters. The van der Waals surface area contributed by atoms with Gasteiger partial charge in [0.05, 0.1) is 0 Å². The highest BCUT2D eigenvalue weighted by molar-refractivity contribution is 7.90. The topological polar surface area (TPSA) is 99.2 Å². The molecular weight excluding hydrogens is 416 g/mol. The molecule has 0 aromatic heterocycles. The van der Waals surface area contributed by atoms with Gasteiger partial charge in [0, 0.05) is 36.4 Å². The number of sulfonamides is 1. The van der Waals surface area contributed by atoms with Crippen LogP contribution in [-0.2, 0) is 19.6 Å². The minimum atomic E-state index is -3.74. The van der Waals surface area contributed by atoms with Crippen molar-refractivity contribution in [3.8, 4) is 0 Å². The van der Waals surface area contributed by atoms with E-state index < -0.39 is 16.1 Å².